The highest BCUT2D eigenvalue weighted by Gasteiger charge is 2.25. The minimum absolute atomic E-state index is 0.00489. The molecule has 1 aromatic carbocycles. The fraction of sp³-hybridized carbons (Fsp3) is 0.550. The Kier molecular flexibility index (Phi) is 6.45. The summed E-state index contributed by atoms with van der Waals surface area (Å²) < 4.78 is 5.97. The number of piperazine rings is 1. The fourth-order valence-corrected chi connectivity index (χ4v) is 3.17. The summed E-state index contributed by atoms with van der Waals surface area (Å²) in [4.78, 5) is 16.7. The van der Waals surface area contributed by atoms with E-state index in [1.54, 1.807) is 0 Å². The number of aromatic nitrogens is 2. The van der Waals surface area contributed by atoms with Gasteiger partial charge in [0.1, 0.15) is 6.04 Å². The number of carbonyl (C=O) groups is 1. The predicted molar refractivity (Wildman–Crippen MR) is 104 cm³/mol. The molecule has 1 fully saturated rings. The number of benzene rings is 1. The molecule has 2 aromatic rings. The van der Waals surface area contributed by atoms with Crippen molar-refractivity contribution in [3.8, 4) is 0 Å². The van der Waals surface area contributed by atoms with E-state index in [-0.39, 0.29) is 11.9 Å². The number of nitrogens with zero attached hydrogens (tertiary/aromatic N) is 4. The van der Waals surface area contributed by atoms with Crippen LogP contribution in [0.15, 0.2) is 34.7 Å². The molecule has 7 nitrogen and oxygen atoms in total. The fourth-order valence-electron chi connectivity index (χ4n) is 3.17. The normalized spacial score (nSPS) is 16.5. The Morgan fingerprint density at radius 2 is 1.85 bits per heavy atom. The molecule has 1 amide bonds. The molecule has 0 spiro atoms. The monoisotopic (exact) mass is 371 g/mol. The second-order valence-corrected chi connectivity index (χ2v) is 7.62. The van der Waals surface area contributed by atoms with Crippen molar-refractivity contribution in [3.63, 3.8) is 0 Å². The number of nitrogens with one attached hydrogen (secondary N) is 1. The standard InChI is InChI=1S/C20H29N5O2/c1-15(2)13-18(26)21-17(14-16-7-5-4-6-8-16)19-22-23-20(27-19)25-11-9-24(3)10-12-25/h4-8,15,17H,9-14H2,1-3H3,(H,21,26). The van der Waals surface area contributed by atoms with Gasteiger partial charge in [0.15, 0.2) is 0 Å². The highest BCUT2D eigenvalue weighted by atomic mass is 16.4. The summed E-state index contributed by atoms with van der Waals surface area (Å²) in [6.45, 7) is 7.73. The molecular weight excluding hydrogens is 342 g/mol. The third-order valence-electron chi connectivity index (χ3n) is 4.71. The van der Waals surface area contributed by atoms with Crippen molar-refractivity contribution >= 4 is 11.9 Å². The molecule has 1 unspecified atom stereocenters. The zero-order valence-electron chi connectivity index (χ0n) is 16.4. The van der Waals surface area contributed by atoms with E-state index in [9.17, 15) is 4.79 Å². The van der Waals surface area contributed by atoms with Gasteiger partial charge in [-0.15, -0.1) is 5.10 Å². The maximum atomic E-state index is 12.4. The molecule has 1 aliphatic heterocycles. The van der Waals surface area contributed by atoms with E-state index in [1.807, 2.05) is 44.2 Å². The maximum absolute atomic E-state index is 12.4. The summed E-state index contributed by atoms with van der Waals surface area (Å²) in [5.41, 5.74) is 1.12. The van der Waals surface area contributed by atoms with Crippen LogP contribution in [0.1, 0.15) is 37.8 Å². The predicted octanol–water partition coefficient (Wildman–Crippen LogP) is 2.27. The van der Waals surface area contributed by atoms with E-state index in [1.165, 1.54) is 0 Å². The van der Waals surface area contributed by atoms with Crippen LogP contribution in [0.25, 0.3) is 0 Å². The van der Waals surface area contributed by atoms with Crippen LogP contribution in [0.4, 0.5) is 6.01 Å². The lowest BCUT2D eigenvalue weighted by Gasteiger charge is -2.30. The van der Waals surface area contributed by atoms with Crippen molar-refractivity contribution in [2.24, 2.45) is 5.92 Å². The van der Waals surface area contributed by atoms with Gasteiger partial charge in [0.25, 0.3) is 0 Å². The quantitative estimate of drug-likeness (QED) is 0.805. The summed E-state index contributed by atoms with van der Waals surface area (Å²) in [7, 11) is 2.11. The molecule has 7 heteroatoms. The van der Waals surface area contributed by atoms with E-state index in [2.05, 4.69) is 32.4 Å². The smallest absolute Gasteiger partial charge is 0.318 e. The van der Waals surface area contributed by atoms with Crippen molar-refractivity contribution in [2.45, 2.75) is 32.7 Å². The van der Waals surface area contributed by atoms with Crippen molar-refractivity contribution in [1.82, 2.24) is 20.4 Å². The minimum Gasteiger partial charge on any atom is -0.406 e. The summed E-state index contributed by atoms with van der Waals surface area (Å²) >= 11 is 0. The summed E-state index contributed by atoms with van der Waals surface area (Å²) in [6, 6.07) is 10.3. The van der Waals surface area contributed by atoms with Gasteiger partial charge >= 0.3 is 6.01 Å². The first-order chi connectivity index (χ1) is 13.0. The van der Waals surface area contributed by atoms with E-state index in [0.717, 1.165) is 31.7 Å². The highest BCUT2D eigenvalue weighted by Crippen LogP contribution is 2.22. The van der Waals surface area contributed by atoms with E-state index >= 15 is 0 Å². The van der Waals surface area contributed by atoms with Crippen LogP contribution < -0.4 is 10.2 Å². The van der Waals surface area contributed by atoms with Gasteiger partial charge < -0.3 is 19.5 Å². The van der Waals surface area contributed by atoms with Crippen molar-refractivity contribution in [3.05, 3.63) is 41.8 Å². The van der Waals surface area contributed by atoms with Crippen LogP contribution in [0.3, 0.4) is 0 Å². The number of rotatable bonds is 7. The number of likely N-dealkylation sites (N-methyl/N-ethyl adjacent to an activating group) is 1. The van der Waals surface area contributed by atoms with Crippen molar-refractivity contribution in [1.29, 1.82) is 0 Å². The van der Waals surface area contributed by atoms with Crippen molar-refractivity contribution in [2.75, 3.05) is 38.1 Å². The van der Waals surface area contributed by atoms with Gasteiger partial charge in [-0.25, -0.2) is 0 Å². The molecule has 2 heterocycles. The van der Waals surface area contributed by atoms with Gasteiger partial charge in [0.2, 0.25) is 11.8 Å². The molecule has 1 atom stereocenters. The van der Waals surface area contributed by atoms with Gasteiger partial charge in [-0.1, -0.05) is 49.3 Å². The molecule has 1 aliphatic rings. The molecular formula is C20H29N5O2. The summed E-state index contributed by atoms with van der Waals surface area (Å²) in [5.74, 6) is 0.765. The Bertz CT molecular complexity index is 723. The lowest BCUT2D eigenvalue weighted by atomic mass is 10.0. The zero-order chi connectivity index (χ0) is 19.2. The first-order valence-corrected chi connectivity index (χ1v) is 9.61. The number of amides is 1. The highest BCUT2D eigenvalue weighted by molar-refractivity contribution is 5.76. The topological polar surface area (TPSA) is 74.5 Å². The average molecular weight is 371 g/mol. The van der Waals surface area contributed by atoms with E-state index in [4.69, 9.17) is 4.42 Å². The first-order valence-electron chi connectivity index (χ1n) is 9.61. The van der Waals surface area contributed by atoms with Crippen LogP contribution >= 0.6 is 0 Å². The summed E-state index contributed by atoms with van der Waals surface area (Å²) in [6.07, 6.45) is 1.10. The van der Waals surface area contributed by atoms with Gasteiger partial charge in [0.05, 0.1) is 0 Å². The molecule has 1 N–H and O–H groups in total. The second kappa shape index (κ2) is 8.99. The Hall–Kier alpha value is -2.41. The van der Waals surface area contributed by atoms with Crippen LogP contribution in [0, 0.1) is 5.92 Å². The van der Waals surface area contributed by atoms with Crippen LogP contribution in [0.5, 0.6) is 0 Å². The summed E-state index contributed by atoms with van der Waals surface area (Å²) in [5, 5.41) is 11.6. The number of anilines is 1. The van der Waals surface area contributed by atoms with Crippen LogP contribution in [-0.4, -0.2) is 54.2 Å². The SMILES string of the molecule is CC(C)CC(=O)NC(Cc1ccccc1)c1nnc(N2CCN(C)CC2)o1. The third-order valence-corrected chi connectivity index (χ3v) is 4.71. The number of hydrogen-bond donors (Lipinski definition) is 1. The van der Waals surface area contributed by atoms with Crippen molar-refractivity contribution < 1.29 is 9.21 Å². The number of hydrogen-bond acceptors (Lipinski definition) is 6. The Morgan fingerprint density at radius 3 is 2.52 bits per heavy atom. The van der Waals surface area contributed by atoms with Crippen LogP contribution in [-0.2, 0) is 11.2 Å². The van der Waals surface area contributed by atoms with Gasteiger partial charge in [-0.05, 0) is 18.5 Å². The molecule has 27 heavy (non-hydrogen) atoms. The molecule has 0 radical (unpaired) electrons. The van der Waals surface area contributed by atoms with E-state index in [0.29, 0.717) is 30.7 Å². The average Bonchev–Trinajstić information content (AvgIpc) is 3.12. The first kappa shape index (κ1) is 19.4. The molecule has 0 aliphatic carbocycles. The largest absolute Gasteiger partial charge is 0.406 e. The zero-order valence-corrected chi connectivity index (χ0v) is 16.4. The molecule has 3 rings (SSSR count). The lowest BCUT2D eigenvalue weighted by Crippen LogP contribution is -2.44. The molecule has 0 saturated carbocycles. The van der Waals surface area contributed by atoms with Gasteiger partial charge in [0, 0.05) is 39.0 Å². The number of carbonyl (C=O) groups excluding carboxylic acids is 1. The van der Waals surface area contributed by atoms with E-state index < -0.39 is 0 Å². The Labute approximate surface area is 160 Å². The minimum atomic E-state index is -0.327. The Morgan fingerprint density at radius 1 is 1.15 bits per heavy atom. The Balaban J connectivity index is 1.74. The molecule has 1 aromatic heterocycles. The lowest BCUT2D eigenvalue weighted by molar-refractivity contribution is -0.122. The maximum Gasteiger partial charge on any atom is 0.318 e. The van der Waals surface area contributed by atoms with Crippen LogP contribution in [0.2, 0.25) is 0 Å². The third kappa shape index (κ3) is 5.53. The molecule has 1 saturated heterocycles. The second-order valence-electron chi connectivity index (χ2n) is 7.62. The molecule has 0 bridgehead atoms. The van der Waals surface area contributed by atoms with Gasteiger partial charge in [-0.2, -0.15) is 0 Å². The van der Waals surface area contributed by atoms with Gasteiger partial charge in [-0.3, -0.25) is 4.79 Å². The molecule has 146 valence electrons.